The predicted octanol–water partition coefficient (Wildman–Crippen LogP) is 2.78. The Hall–Kier alpha value is 1.01. The van der Waals surface area contributed by atoms with Gasteiger partial charge in [-0.2, -0.15) is 0 Å². The molecular weight excluding hydrogens is 304 g/mol. The molecule has 0 rings (SSSR count). The SMILES string of the molecule is CCC[O][Sn][CH](C)CCCC(C)N.Cl. The Labute approximate surface area is 106 Å². The van der Waals surface area contributed by atoms with E-state index in [1.54, 1.807) is 0 Å². The Morgan fingerprint density at radius 1 is 1.29 bits per heavy atom. The molecule has 14 heavy (non-hydrogen) atoms. The van der Waals surface area contributed by atoms with Crippen molar-refractivity contribution in [3.63, 3.8) is 0 Å². The number of hydrogen-bond acceptors (Lipinski definition) is 2. The minimum Gasteiger partial charge on any atom is -0.147 e. The van der Waals surface area contributed by atoms with Crippen LogP contribution in [0.25, 0.3) is 0 Å². The van der Waals surface area contributed by atoms with Gasteiger partial charge in [-0.3, -0.25) is 0 Å². The second-order valence-electron chi connectivity index (χ2n) is 3.78. The quantitative estimate of drug-likeness (QED) is 0.549. The minimum atomic E-state index is -0.523. The van der Waals surface area contributed by atoms with Gasteiger partial charge in [0.05, 0.1) is 0 Å². The molecule has 86 valence electrons. The van der Waals surface area contributed by atoms with E-state index >= 15 is 0 Å². The third kappa shape index (κ3) is 13.0. The van der Waals surface area contributed by atoms with Gasteiger partial charge in [0.15, 0.2) is 0 Å². The third-order valence-electron chi connectivity index (χ3n) is 1.89. The molecule has 2 unspecified atom stereocenters. The van der Waals surface area contributed by atoms with Crippen molar-refractivity contribution in [3.8, 4) is 0 Å². The van der Waals surface area contributed by atoms with E-state index in [1.807, 2.05) is 0 Å². The molecule has 4 heteroatoms. The Morgan fingerprint density at radius 3 is 2.43 bits per heavy atom. The first-order chi connectivity index (χ1) is 6.16. The molecule has 0 heterocycles. The van der Waals surface area contributed by atoms with E-state index in [0.717, 1.165) is 23.4 Å². The van der Waals surface area contributed by atoms with Crippen LogP contribution in [0.15, 0.2) is 0 Å². The van der Waals surface area contributed by atoms with Gasteiger partial charge in [-0.1, -0.05) is 0 Å². The Balaban J connectivity index is 0. The van der Waals surface area contributed by atoms with Crippen molar-refractivity contribution in [1.29, 1.82) is 0 Å². The van der Waals surface area contributed by atoms with Crippen molar-refractivity contribution >= 4 is 34.0 Å². The summed E-state index contributed by atoms with van der Waals surface area (Å²) in [6.45, 7) is 7.55. The molecule has 0 amide bonds. The molecule has 0 aliphatic heterocycles. The van der Waals surface area contributed by atoms with Crippen LogP contribution in [0.3, 0.4) is 0 Å². The van der Waals surface area contributed by atoms with Crippen molar-refractivity contribution < 1.29 is 3.07 Å². The molecule has 2 radical (unpaired) electrons. The van der Waals surface area contributed by atoms with Gasteiger partial charge >= 0.3 is 93.4 Å². The van der Waals surface area contributed by atoms with Crippen LogP contribution in [0.1, 0.15) is 46.5 Å². The molecule has 0 spiro atoms. The fraction of sp³-hybridized carbons (Fsp3) is 1.00. The second kappa shape index (κ2) is 12.1. The Kier molecular flexibility index (Phi) is 15.0. The van der Waals surface area contributed by atoms with Crippen molar-refractivity contribution in [2.75, 3.05) is 6.61 Å². The smallest absolute Gasteiger partial charge is 0.147 e. The van der Waals surface area contributed by atoms with E-state index in [-0.39, 0.29) is 12.4 Å². The van der Waals surface area contributed by atoms with Gasteiger partial charge in [-0.15, -0.1) is 12.4 Å². The van der Waals surface area contributed by atoms with Crippen molar-refractivity contribution in [3.05, 3.63) is 0 Å². The van der Waals surface area contributed by atoms with Crippen LogP contribution >= 0.6 is 12.4 Å². The maximum Gasteiger partial charge on any atom is -0.147 e. The molecule has 0 aromatic heterocycles. The fourth-order valence-corrected chi connectivity index (χ4v) is 3.76. The van der Waals surface area contributed by atoms with E-state index < -0.39 is 21.6 Å². The normalized spacial score (nSPS) is 14.6. The van der Waals surface area contributed by atoms with E-state index in [2.05, 4.69) is 20.8 Å². The minimum absolute atomic E-state index is 0. The maximum absolute atomic E-state index is 5.68. The summed E-state index contributed by atoms with van der Waals surface area (Å²) in [4.78, 5) is 0. The molecule has 2 atom stereocenters. The number of nitrogens with two attached hydrogens (primary N) is 1. The summed E-state index contributed by atoms with van der Waals surface area (Å²) >= 11 is -0.523. The molecule has 0 fully saturated rings. The average molecular weight is 328 g/mol. The predicted molar refractivity (Wildman–Crippen MR) is 66.2 cm³/mol. The van der Waals surface area contributed by atoms with Crippen molar-refractivity contribution in [2.45, 2.75) is 56.4 Å². The molecule has 0 aliphatic carbocycles. The van der Waals surface area contributed by atoms with Gasteiger partial charge in [0.2, 0.25) is 0 Å². The molecule has 0 saturated carbocycles. The third-order valence-corrected chi connectivity index (χ3v) is 4.92. The first kappa shape index (κ1) is 17.4. The van der Waals surface area contributed by atoms with Crippen LogP contribution in [0.4, 0.5) is 0 Å². The Bertz CT molecular complexity index is 114. The first-order valence-corrected chi connectivity index (χ1v) is 8.11. The van der Waals surface area contributed by atoms with Crippen molar-refractivity contribution in [1.82, 2.24) is 0 Å². The molecule has 0 saturated heterocycles. The monoisotopic (exact) mass is 329 g/mol. The van der Waals surface area contributed by atoms with Gasteiger partial charge in [-0.25, -0.2) is 0 Å². The Morgan fingerprint density at radius 2 is 1.93 bits per heavy atom. The molecule has 0 bridgehead atoms. The van der Waals surface area contributed by atoms with Crippen LogP contribution < -0.4 is 5.73 Å². The summed E-state index contributed by atoms with van der Waals surface area (Å²) in [7, 11) is 0. The summed E-state index contributed by atoms with van der Waals surface area (Å²) in [5.41, 5.74) is 5.68. The first-order valence-electron chi connectivity index (χ1n) is 5.29. The molecule has 0 aliphatic rings. The van der Waals surface area contributed by atoms with Gasteiger partial charge in [0.1, 0.15) is 0 Å². The van der Waals surface area contributed by atoms with Gasteiger partial charge in [-0.05, 0) is 0 Å². The van der Waals surface area contributed by atoms with Gasteiger partial charge < -0.3 is 0 Å². The number of rotatable bonds is 8. The fourth-order valence-electron chi connectivity index (χ4n) is 1.11. The zero-order chi connectivity index (χ0) is 10.1. The summed E-state index contributed by atoms with van der Waals surface area (Å²) in [5, 5.41) is 0. The molecule has 0 aromatic rings. The van der Waals surface area contributed by atoms with Crippen LogP contribution in [-0.4, -0.2) is 34.2 Å². The van der Waals surface area contributed by atoms with Crippen LogP contribution in [-0.2, 0) is 3.07 Å². The maximum atomic E-state index is 5.68. The van der Waals surface area contributed by atoms with Crippen molar-refractivity contribution in [2.24, 2.45) is 5.73 Å². The van der Waals surface area contributed by atoms with Crippen LogP contribution in [0, 0.1) is 0 Å². The van der Waals surface area contributed by atoms with E-state index in [9.17, 15) is 0 Å². The largest absolute Gasteiger partial charge is 0.147 e. The average Bonchev–Trinajstić information content (AvgIpc) is 2.04. The summed E-state index contributed by atoms with van der Waals surface area (Å²) in [5.74, 6) is 0. The molecule has 0 aromatic carbocycles. The number of hydrogen-bond donors (Lipinski definition) is 1. The summed E-state index contributed by atoms with van der Waals surface area (Å²) in [6.07, 6.45) is 4.91. The van der Waals surface area contributed by atoms with E-state index in [0.29, 0.717) is 6.04 Å². The van der Waals surface area contributed by atoms with E-state index in [4.69, 9.17) is 8.81 Å². The molecule has 2 N–H and O–H groups in total. The summed E-state index contributed by atoms with van der Waals surface area (Å²) < 4.78 is 6.50. The van der Waals surface area contributed by atoms with Gasteiger partial charge in [0, 0.05) is 0 Å². The molecule has 2 nitrogen and oxygen atoms in total. The summed E-state index contributed by atoms with van der Waals surface area (Å²) in [6, 6.07) is 0.370. The standard InChI is InChI=1S/C7H16N.C3H7O.ClH.Sn/c1-3-4-5-6-7(2)8;1-2-3-4;;/h3,7H,4-6,8H2,1-2H3;2-3H2,1H3;1H;/q;-1;;+1. The zero-order valence-electron chi connectivity index (χ0n) is 9.58. The zero-order valence-corrected chi connectivity index (χ0v) is 13.3. The topological polar surface area (TPSA) is 35.2 Å². The molecular formula is C10H24ClNOSn. The van der Waals surface area contributed by atoms with Crippen LogP contribution in [0.2, 0.25) is 3.93 Å². The second-order valence-corrected chi connectivity index (χ2v) is 8.09. The van der Waals surface area contributed by atoms with Gasteiger partial charge in [0.25, 0.3) is 0 Å². The van der Waals surface area contributed by atoms with E-state index in [1.165, 1.54) is 12.8 Å². The van der Waals surface area contributed by atoms with Crippen LogP contribution in [0.5, 0.6) is 0 Å². The number of halogens is 1.